The first-order chi connectivity index (χ1) is 10.2. The van der Waals surface area contributed by atoms with Crippen LogP contribution in [0.15, 0.2) is 24.3 Å². The number of benzene rings is 1. The van der Waals surface area contributed by atoms with E-state index in [0.717, 1.165) is 38.2 Å². The molecule has 21 heavy (non-hydrogen) atoms. The molecule has 0 bridgehead atoms. The number of amides is 1. The molecular weight excluding hydrogens is 262 g/mol. The number of nitrogens with zero attached hydrogens (tertiary/aromatic N) is 3. The smallest absolute Gasteiger partial charge is 0.222 e. The Hall–Kier alpha value is -1.86. The first kappa shape index (κ1) is 15.5. The first-order valence-corrected chi connectivity index (χ1v) is 7.69. The summed E-state index contributed by atoms with van der Waals surface area (Å²) in [6.45, 7) is 6.98. The van der Waals surface area contributed by atoms with Crippen LogP contribution in [0.2, 0.25) is 0 Å². The summed E-state index contributed by atoms with van der Waals surface area (Å²) >= 11 is 0. The average molecular weight is 285 g/mol. The SMILES string of the molecule is CCC(=O)N1CCN(C(C#N)c2ccc(CC)cc2)CC1. The minimum atomic E-state index is -0.213. The molecule has 4 heteroatoms. The monoisotopic (exact) mass is 285 g/mol. The lowest BCUT2D eigenvalue weighted by atomic mass is 10.0. The number of aryl methyl sites for hydroxylation is 1. The Morgan fingerprint density at radius 2 is 1.81 bits per heavy atom. The zero-order chi connectivity index (χ0) is 15.2. The van der Waals surface area contributed by atoms with Gasteiger partial charge in [0.2, 0.25) is 5.91 Å². The molecule has 1 aliphatic heterocycles. The van der Waals surface area contributed by atoms with Gasteiger partial charge >= 0.3 is 0 Å². The average Bonchev–Trinajstić information content (AvgIpc) is 2.56. The highest BCUT2D eigenvalue weighted by molar-refractivity contribution is 5.75. The first-order valence-electron chi connectivity index (χ1n) is 7.69. The summed E-state index contributed by atoms with van der Waals surface area (Å²) in [5.74, 6) is 0.204. The number of hydrogen-bond acceptors (Lipinski definition) is 3. The van der Waals surface area contributed by atoms with Gasteiger partial charge in [-0.15, -0.1) is 0 Å². The van der Waals surface area contributed by atoms with Crippen molar-refractivity contribution in [3.63, 3.8) is 0 Å². The highest BCUT2D eigenvalue weighted by Gasteiger charge is 2.26. The predicted molar refractivity (Wildman–Crippen MR) is 82.6 cm³/mol. The van der Waals surface area contributed by atoms with Crippen molar-refractivity contribution in [2.24, 2.45) is 0 Å². The second-order valence-corrected chi connectivity index (χ2v) is 5.40. The highest BCUT2D eigenvalue weighted by Crippen LogP contribution is 2.22. The molecule has 0 radical (unpaired) electrons. The lowest BCUT2D eigenvalue weighted by Crippen LogP contribution is -2.49. The summed E-state index contributed by atoms with van der Waals surface area (Å²) in [6, 6.07) is 10.5. The summed E-state index contributed by atoms with van der Waals surface area (Å²) < 4.78 is 0. The van der Waals surface area contributed by atoms with Crippen LogP contribution in [0.1, 0.15) is 37.4 Å². The minimum absolute atomic E-state index is 0.204. The van der Waals surface area contributed by atoms with Crippen LogP contribution >= 0.6 is 0 Å². The number of piperazine rings is 1. The maximum atomic E-state index is 11.7. The summed E-state index contributed by atoms with van der Waals surface area (Å²) in [7, 11) is 0. The van der Waals surface area contributed by atoms with Gasteiger partial charge in [-0.05, 0) is 17.5 Å². The van der Waals surface area contributed by atoms with Gasteiger partial charge in [0, 0.05) is 32.6 Å². The fraction of sp³-hybridized carbons (Fsp3) is 0.529. The molecule has 0 aromatic heterocycles. The Bertz CT molecular complexity index is 510. The van der Waals surface area contributed by atoms with Gasteiger partial charge in [-0.1, -0.05) is 38.1 Å². The molecule has 0 N–H and O–H groups in total. The van der Waals surface area contributed by atoms with E-state index in [4.69, 9.17) is 0 Å². The lowest BCUT2D eigenvalue weighted by Gasteiger charge is -2.37. The zero-order valence-electron chi connectivity index (χ0n) is 12.9. The standard InChI is InChI=1S/C17H23N3O/c1-3-14-5-7-15(8-6-14)16(13-18)19-9-11-20(12-10-19)17(21)4-2/h5-8,16H,3-4,9-12H2,1-2H3. The van der Waals surface area contributed by atoms with E-state index in [1.165, 1.54) is 5.56 Å². The number of rotatable bonds is 4. The van der Waals surface area contributed by atoms with Crippen LogP contribution in [0.25, 0.3) is 0 Å². The van der Waals surface area contributed by atoms with Gasteiger partial charge in [-0.2, -0.15) is 5.26 Å². The van der Waals surface area contributed by atoms with Crippen molar-refractivity contribution in [1.82, 2.24) is 9.80 Å². The number of carbonyl (C=O) groups excluding carboxylic acids is 1. The van der Waals surface area contributed by atoms with Crippen molar-refractivity contribution >= 4 is 5.91 Å². The van der Waals surface area contributed by atoms with Gasteiger partial charge in [-0.25, -0.2) is 0 Å². The lowest BCUT2D eigenvalue weighted by molar-refractivity contribution is -0.132. The summed E-state index contributed by atoms with van der Waals surface area (Å²) in [5, 5.41) is 9.51. The summed E-state index contributed by atoms with van der Waals surface area (Å²) in [5.41, 5.74) is 2.33. The quantitative estimate of drug-likeness (QED) is 0.853. The fourth-order valence-electron chi connectivity index (χ4n) is 2.76. The van der Waals surface area contributed by atoms with E-state index >= 15 is 0 Å². The van der Waals surface area contributed by atoms with Crippen LogP contribution in [0.3, 0.4) is 0 Å². The molecule has 0 spiro atoms. The molecule has 1 atom stereocenters. The molecule has 112 valence electrons. The molecule has 2 rings (SSSR count). The van der Waals surface area contributed by atoms with E-state index in [9.17, 15) is 10.1 Å². The normalized spacial score (nSPS) is 17.3. The maximum absolute atomic E-state index is 11.7. The Balaban J connectivity index is 2.02. The van der Waals surface area contributed by atoms with Gasteiger partial charge in [0.25, 0.3) is 0 Å². The second kappa shape index (κ2) is 7.24. The largest absolute Gasteiger partial charge is 0.340 e. The van der Waals surface area contributed by atoms with Gasteiger partial charge < -0.3 is 4.90 Å². The minimum Gasteiger partial charge on any atom is -0.340 e. The fourth-order valence-corrected chi connectivity index (χ4v) is 2.76. The molecule has 1 fully saturated rings. The van der Waals surface area contributed by atoms with Crippen LogP contribution in [-0.4, -0.2) is 41.9 Å². The van der Waals surface area contributed by atoms with Crippen LogP contribution in [-0.2, 0) is 11.2 Å². The van der Waals surface area contributed by atoms with Crippen LogP contribution in [0, 0.1) is 11.3 Å². The molecule has 0 aliphatic carbocycles. The third kappa shape index (κ3) is 3.62. The zero-order valence-corrected chi connectivity index (χ0v) is 12.9. The molecule has 1 heterocycles. The molecular formula is C17H23N3O. The third-order valence-electron chi connectivity index (χ3n) is 4.16. The third-order valence-corrected chi connectivity index (χ3v) is 4.16. The van der Waals surface area contributed by atoms with Crippen LogP contribution < -0.4 is 0 Å². The Labute approximate surface area is 127 Å². The Morgan fingerprint density at radius 3 is 2.29 bits per heavy atom. The number of carbonyl (C=O) groups is 1. The molecule has 4 nitrogen and oxygen atoms in total. The van der Waals surface area contributed by atoms with Crippen LogP contribution in [0.5, 0.6) is 0 Å². The van der Waals surface area contributed by atoms with Gasteiger partial charge in [0.15, 0.2) is 0 Å². The predicted octanol–water partition coefficient (Wildman–Crippen LogP) is 2.37. The van der Waals surface area contributed by atoms with Crippen molar-refractivity contribution in [2.75, 3.05) is 26.2 Å². The van der Waals surface area contributed by atoms with Crippen molar-refractivity contribution < 1.29 is 4.79 Å². The molecule has 1 unspecified atom stereocenters. The van der Waals surface area contributed by atoms with E-state index in [1.54, 1.807) is 0 Å². The van der Waals surface area contributed by atoms with Crippen molar-refractivity contribution in [1.29, 1.82) is 5.26 Å². The molecule has 1 aromatic carbocycles. The van der Waals surface area contributed by atoms with Crippen LogP contribution in [0.4, 0.5) is 0 Å². The molecule has 1 aliphatic rings. The van der Waals surface area contributed by atoms with Crippen molar-refractivity contribution in [2.45, 2.75) is 32.7 Å². The van der Waals surface area contributed by atoms with E-state index in [-0.39, 0.29) is 11.9 Å². The number of nitriles is 1. The van der Waals surface area contributed by atoms with E-state index < -0.39 is 0 Å². The highest BCUT2D eigenvalue weighted by atomic mass is 16.2. The van der Waals surface area contributed by atoms with E-state index in [2.05, 4.69) is 42.2 Å². The summed E-state index contributed by atoms with van der Waals surface area (Å²) in [6.07, 6.45) is 1.56. The van der Waals surface area contributed by atoms with Crippen molar-refractivity contribution in [3.05, 3.63) is 35.4 Å². The molecule has 1 amide bonds. The van der Waals surface area contributed by atoms with Gasteiger partial charge in [-0.3, -0.25) is 9.69 Å². The van der Waals surface area contributed by atoms with E-state index in [1.807, 2.05) is 11.8 Å². The molecule has 0 saturated carbocycles. The second-order valence-electron chi connectivity index (χ2n) is 5.40. The molecule has 1 saturated heterocycles. The topological polar surface area (TPSA) is 47.3 Å². The maximum Gasteiger partial charge on any atom is 0.222 e. The van der Waals surface area contributed by atoms with Gasteiger partial charge in [0.05, 0.1) is 6.07 Å². The Kier molecular flexibility index (Phi) is 5.35. The summed E-state index contributed by atoms with van der Waals surface area (Å²) in [4.78, 5) is 15.8. The molecule has 1 aromatic rings. The Morgan fingerprint density at radius 1 is 1.19 bits per heavy atom. The van der Waals surface area contributed by atoms with Crippen molar-refractivity contribution in [3.8, 4) is 6.07 Å². The van der Waals surface area contributed by atoms with Gasteiger partial charge in [0.1, 0.15) is 6.04 Å². The van der Waals surface area contributed by atoms with E-state index in [0.29, 0.717) is 6.42 Å². The number of hydrogen-bond donors (Lipinski definition) is 0.